The summed E-state index contributed by atoms with van der Waals surface area (Å²) < 4.78 is 80.6. The highest BCUT2D eigenvalue weighted by atomic mass is 31.2. The van der Waals surface area contributed by atoms with Gasteiger partial charge in [-0.2, -0.15) is 18.4 Å². The van der Waals surface area contributed by atoms with Crippen molar-refractivity contribution in [3.8, 4) is 17.6 Å². The number of aromatic nitrogens is 2. The number of hydrogen-bond donors (Lipinski definition) is 2. The van der Waals surface area contributed by atoms with E-state index in [2.05, 4.69) is 15.7 Å². The van der Waals surface area contributed by atoms with E-state index in [0.29, 0.717) is 50.0 Å². The van der Waals surface area contributed by atoms with Gasteiger partial charge >= 0.3 is 17.8 Å². The van der Waals surface area contributed by atoms with E-state index >= 15 is 0 Å². The Hall–Kier alpha value is -5.08. The number of ether oxygens (including phenoxy) is 4. The molecule has 5 rings (SSSR count). The van der Waals surface area contributed by atoms with E-state index in [1.165, 1.54) is 16.8 Å². The molecule has 0 aliphatic carbocycles. The maximum absolute atomic E-state index is 13.6. The molecule has 1 aliphatic rings. The highest BCUT2D eigenvalue weighted by molar-refractivity contribution is 7.44. The normalized spacial score (nSPS) is 18.1. The number of unbranched alkanes of at least 4 members (excludes halogenated alkanes) is 4. The molecule has 4 aromatic rings. The number of hydrogen-bond acceptors (Lipinski definition) is 11. The van der Waals surface area contributed by atoms with Crippen LogP contribution >= 0.6 is 8.53 Å². The first-order valence-electron chi connectivity index (χ1n) is 22.2. The lowest BCUT2D eigenvalue weighted by Crippen LogP contribution is -2.41. The molecule has 0 radical (unpaired) electrons. The van der Waals surface area contributed by atoms with Crippen LogP contribution in [0.1, 0.15) is 95.6 Å². The van der Waals surface area contributed by atoms with E-state index in [1.807, 2.05) is 112 Å². The molecule has 18 heteroatoms. The largest absolute Gasteiger partial charge is 0.497 e. The fraction of sp³-hybridized carbons (Fsp3) is 0.500. The van der Waals surface area contributed by atoms with Crippen molar-refractivity contribution in [1.82, 2.24) is 19.5 Å². The highest BCUT2D eigenvalue weighted by Crippen LogP contribution is 2.53. The fourth-order valence-electron chi connectivity index (χ4n) is 8.30. The first-order valence-corrected chi connectivity index (χ1v) is 23.3. The Morgan fingerprint density at radius 1 is 0.864 bits per heavy atom. The molecule has 2 heterocycles. The van der Waals surface area contributed by atoms with Gasteiger partial charge in [-0.1, -0.05) is 80.3 Å². The van der Waals surface area contributed by atoms with Crippen molar-refractivity contribution in [3.63, 3.8) is 0 Å². The van der Waals surface area contributed by atoms with Crippen molar-refractivity contribution in [2.45, 2.75) is 115 Å². The van der Waals surface area contributed by atoms with Crippen LogP contribution < -0.4 is 26.0 Å². The summed E-state index contributed by atoms with van der Waals surface area (Å²) in [5, 5.41) is 11.4. The lowest BCUT2D eigenvalue weighted by Gasteiger charge is -2.39. The van der Waals surface area contributed by atoms with Gasteiger partial charge in [-0.15, -0.1) is 0 Å². The number of benzene rings is 3. The van der Waals surface area contributed by atoms with E-state index in [0.717, 1.165) is 16.7 Å². The maximum atomic E-state index is 13.6. The number of rotatable bonds is 25. The van der Waals surface area contributed by atoms with Gasteiger partial charge in [-0.25, -0.2) is 9.46 Å². The van der Waals surface area contributed by atoms with Crippen LogP contribution in [0.5, 0.6) is 11.5 Å². The number of amides is 1. The van der Waals surface area contributed by atoms with Gasteiger partial charge in [0.25, 0.3) is 14.1 Å². The number of alkyl halides is 3. The SMILES string of the molecule is COc1ccc(C(OC[C@H]2O[C@@H](n3ccc(=O)[nH]c3=O)[C@H](CCCCCCCNC(=O)C(F)(F)F)[C@@H]2OP(OCCC#N)N(C(C)C)C(C)C)(c2ccccc2)c2ccc(OC)cc2)cc1. The molecule has 1 amide bonds. The summed E-state index contributed by atoms with van der Waals surface area (Å²) in [4.78, 5) is 39.6. The Bertz CT molecular complexity index is 2220. The molecule has 0 saturated carbocycles. The van der Waals surface area contributed by atoms with Gasteiger partial charge in [0.15, 0.2) is 0 Å². The number of H-pyrrole nitrogens is 1. The van der Waals surface area contributed by atoms with Crippen molar-refractivity contribution >= 4 is 14.4 Å². The van der Waals surface area contributed by atoms with Crippen LogP contribution in [-0.2, 0) is 28.9 Å². The number of aromatic amines is 1. The Morgan fingerprint density at radius 3 is 1.98 bits per heavy atom. The average molecular weight is 940 g/mol. The van der Waals surface area contributed by atoms with Gasteiger partial charge in [0, 0.05) is 36.8 Å². The number of carbonyl (C=O) groups is 1. The van der Waals surface area contributed by atoms with Gasteiger partial charge < -0.3 is 33.3 Å². The number of nitrogens with zero attached hydrogens (tertiary/aromatic N) is 3. The molecule has 1 fully saturated rings. The molecule has 0 bridgehead atoms. The summed E-state index contributed by atoms with van der Waals surface area (Å²) in [5.41, 5.74) is -0.114. The van der Waals surface area contributed by atoms with Crippen molar-refractivity contribution in [1.29, 1.82) is 5.26 Å². The molecule has 66 heavy (non-hydrogen) atoms. The highest BCUT2D eigenvalue weighted by Gasteiger charge is 2.50. The summed E-state index contributed by atoms with van der Waals surface area (Å²) in [5.74, 6) is -1.18. The lowest BCUT2D eigenvalue weighted by atomic mass is 9.80. The van der Waals surface area contributed by atoms with Crippen molar-refractivity contribution in [3.05, 3.63) is 129 Å². The minimum atomic E-state index is -4.94. The van der Waals surface area contributed by atoms with E-state index in [1.54, 1.807) is 14.2 Å². The van der Waals surface area contributed by atoms with E-state index in [9.17, 15) is 32.8 Å². The van der Waals surface area contributed by atoms with Gasteiger partial charge in [0.05, 0.1) is 39.9 Å². The quantitative estimate of drug-likeness (QED) is 0.0371. The van der Waals surface area contributed by atoms with Crippen LogP contribution in [0.2, 0.25) is 0 Å². The van der Waals surface area contributed by atoms with Crippen LogP contribution in [0.4, 0.5) is 13.2 Å². The summed E-state index contributed by atoms with van der Waals surface area (Å²) in [6, 6.07) is 28.3. The molecule has 1 aliphatic heterocycles. The van der Waals surface area contributed by atoms with Crippen LogP contribution in [-0.4, -0.2) is 84.6 Å². The molecule has 2 N–H and O–H groups in total. The second-order valence-electron chi connectivity index (χ2n) is 16.5. The topological polar surface area (TPSA) is 166 Å². The number of carbonyl (C=O) groups excluding carboxylic acids is 1. The van der Waals surface area contributed by atoms with Gasteiger partial charge in [-0.3, -0.25) is 19.1 Å². The molecular formula is C48H61F3N5O9P. The monoisotopic (exact) mass is 939 g/mol. The first-order chi connectivity index (χ1) is 31.6. The van der Waals surface area contributed by atoms with Crippen LogP contribution in [0, 0.1) is 17.2 Å². The van der Waals surface area contributed by atoms with Gasteiger partial charge in [0.1, 0.15) is 35.5 Å². The van der Waals surface area contributed by atoms with Gasteiger partial charge in [0.2, 0.25) is 0 Å². The molecule has 1 saturated heterocycles. The van der Waals surface area contributed by atoms with Crippen LogP contribution in [0.25, 0.3) is 0 Å². The minimum absolute atomic E-state index is 0.0388. The molecule has 1 aromatic heterocycles. The molecule has 14 nitrogen and oxygen atoms in total. The van der Waals surface area contributed by atoms with Crippen molar-refractivity contribution < 1.29 is 46.0 Å². The third-order valence-electron chi connectivity index (χ3n) is 11.4. The molecular weight excluding hydrogens is 879 g/mol. The molecule has 358 valence electrons. The molecule has 0 spiro atoms. The zero-order chi connectivity index (χ0) is 47.9. The van der Waals surface area contributed by atoms with E-state index in [4.69, 9.17) is 28.0 Å². The maximum Gasteiger partial charge on any atom is 0.471 e. The average Bonchev–Trinajstić information content (AvgIpc) is 3.63. The first kappa shape index (κ1) is 51.9. The molecule has 1 unspecified atom stereocenters. The third kappa shape index (κ3) is 13.3. The Balaban J connectivity index is 1.58. The Kier molecular flexibility index (Phi) is 19.4. The summed E-state index contributed by atoms with van der Waals surface area (Å²) in [6.07, 6.45) is -2.62. The predicted molar refractivity (Wildman–Crippen MR) is 244 cm³/mol. The fourth-order valence-corrected chi connectivity index (χ4v) is 10.1. The van der Waals surface area contributed by atoms with Crippen LogP contribution in [0.15, 0.2) is 101 Å². The summed E-state index contributed by atoms with van der Waals surface area (Å²) in [7, 11) is 1.35. The number of nitriles is 1. The molecule has 5 atom stereocenters. The van der Waals surface area contributed by atoms with Gasteiger partial charge in [-0.05, 0) is 81.5 Å². The molecule has 3 aromatic carbocycles. The minimum Gasteiger partial charge on any atom is -0.497 e. The van der Waals surface area contributed by atoms with E-state index < -0.39 is 61.8 Å². The Labute approximate surface area is 385 Å². The second-order valence-corrected chi connectivity index (χ2v) is 17.9. The zero-order valence-corrected chi connectivity index (χ0v) is 39.2. The number of methoxy groups -OCH3 is 2. The standard InChI is InChI=1S/C48H61F3N5O9P/c1-33(2)56(34(3)4)66(63-31-15-28-52)65-43-40(18-13-8-7-9-14-29-53-45(58)48(49,50)51)44(55-30-27-42(57)54-46(55)59)64-41(43)32-62-47(35-16-11-10-12-17-35,36-19-23-38(60-5)24-20-36)37-21-25-39(61-6)26-22-37/h10-12,16-17,19-27,30,33-34,40-41,43-44H,7-9,13-15,18,29,31-32H2,1-6H3,(H,53,58)(H,54,57,59)/t40-,41-,43+,44-,66?/m1/s1. The third-order valence-corrected chi connectivity index (χ3v) is 13.5. The van der Waals surface area contributed by atoms with Crippen LogP contribution in [0.3, 0.4) is 0 Å². The second kappa shape index (κ2) is 24.6. The lowest BCUT2D eigenvalue weighted by molar-refractivity contribution is -0.173. The smallest absolute Gasteiger partial charge is 0.471 e. The number of halogens is 3. The summed E-state index contributed by atoms with van der Waals surface area (Å²) in [6.45, 7) is 8.07. The van der Waals surface area contributed by atoms with E-state index in [-0.39, 0.29) is 38.3 Å². The van der Waals surface area contributed by atoms with Crippen molar-refractivity contribution in [2.24, 2.45) is 5.92 Å². The predicted octanol–water partition coefficient (Wildman–Crippen LogP) is 8.76. The summed E-state index contributed by atoms with van der Waals surface area (Å²) >= 11 is 0. The van der Waals surface area contributed by atoms with Crippen molar-refractivity contribution in [2.75, 3.05) is 34.0 Å². The number of nitrogens with one attached hydrogen (secondary N) is 2. The Morgan fingerprint density at radius 2 is 1.44 bits per heavy atom. The zero-order valence-electron chi connectivity index (χ0n) is 38.3.